The molecular formula is C29H16N2OS. The summed E-state index contributed by atoms with van der Waals surface area (Å²) in [4.78, 5) is 5.04. The van der Waals surface area contributed by atoms with Crippen LogP contribution in [0.4, 0.5) is 0 Å². The van der Waals surface area contributed by atoms with E-state index in [0.717, 1.165) is 38.2 Å². The maximum Gasteiger partial charge on any atom is 0.195 e. The Bertz CT molecular complexity index is 2010. The minimum absolute atomic E-state index is 0.909. The van der Waals surface area contributed by atoms with Crippen molar-refractivity contribution in [3.63, 3.8) is 0 Å². The van der Waals surface area contributed by atoms with E-state index < -0.39 is 0 Å². The van der Waals surface area contributed by atoms with Gasteiger partial charge in [0.15, 0.2) is 10.7 Å². The third-order valence-corrected chi connectivity index (χ3v) is 7.65. The number of furan rings is 1. The van der Waals surface area contributed by atoms with Crippen LogP contribution in [0.15, 0.2) is 101 Å². The number of aromatic nitrogens is 2. The van der Waals surface area contributed by atoms with Crippen molar-refractivity contribution in [2.75, 3.05) is 0 Å². The molecule has 154 valence electrons. The van der Waals surface area contributed by atoms with Gasteiger partial charge in [-0.05, 0) is 35.0 Å². The molecule has 33 heavy (non-hydrogen) atoms. The van der Waals surface area contributed by atoms with Crippen LogP contribution in [0, 0.1) is 0 Å². The molecule has 0 atom stereocenters. The lowest BCUT2D eigenvalue weighted by Crippen LogP contribution is -1.93. The monoisotopic (exact) mass is 440 g/mol. The smallest absolute Gasteiger partial charge is 0.195 e. The highest BCUT2D eigenvalue weighted by atomic mass is 32.1. The molecule has 0 amide bonds. The van der Waals surface area contributed by atoms with E-state index in [-0.39, 0.29) is 0 Å². The first-order chi connectivity index (χ1) is 16.4. The van der Waals surface area contributed by atoms with Crippen LogP contribution in [0.25, 0.3) is 69.9 Å². The minimum atomic E-state index is 0.909. The maximum atomic E-state index is 6.60. The molecule has 0 aliphatic carbocycles. The zero-order valence-corrected chi connectivity index (χ0v) is 18.3. The molecule has 8 rings (SSSR count). The number of fused-ring (bicyclic) bond motifs is 11. The number of para-hydroxylation sites is 3. The lowest BCUT2D eigenvalue weighted by Gasteiger charge is -2.06. The maximum absolute atomic E-state index is 6.60. The summed E-state index contributed by atoms with van der Waals surface area (Å²) in [5.41, 5.74) is 5.07. The Labute approximate surface area is 192 Å². The number of nitrogens with zero attached hydrogens (tertiary/aromatic N) is 2. The summed E-state index contributed by atoms with van der Waals surface area (Å²) in [6.07, 6.45) is 0. The number of rotatable bonds is 1. The Morgan fingerprint density at radius 1 is 0.636 bits per heavy atom. The summed E-state index contributed by atoms with van der Waals surface area (Å²) in [7, 11) is 0. The first-order valence-electron chi connectivity index (χ1n) is 11.0. The van der Waals surface area contributed by atoms with E-state index in [1.807, 2.05) is 12.1 Å². The van der Waals surface area contributed by atoms with E-state index >= 15 is 0 Å². The molecule has 0 saturated heterocycles. The minimum Gasteiger partial charge on any atom is -0.454 e. The van der Waals surface area contributed by atoms with Crippen LogP contribution in [0.3, 0.4) is 0 Å². The molecule has 5 aromatic carbocycles. The second-order valence-electron chi connectivity index (χ2n) is 8.39. The van der Waals surface area contributed by atoms with E-state index in [4.69, 9.17) is 9.40 Å². The Kier molecular flexibility index (Phi) is 3.28. The third kappa shape index (κ3) is 2.21. The Hall–Kier alpha value is -4.15. The largest absolute Gasteiger partial charge is 0.454 e. The molecule has 8 aromatic rings. The Balaban J connectivity index is 1.72. The first kappa shape index (κ1) is 17.4. The van der Waals surface area contributed by atoms with Crippen LogP contribution in [0.5, 0.6) is 0 Å². The average Bonchev–Trinajstić information content (AvgIpc) is 3.55. The summed E-state index contributed by atoms with van der Waals surface area (Å²) in [6.45, 7) is 0. The third-order valence-electron chi connectivity index (χ3n) is 6.62. The fraction of sp³-hybridized carbons (Fsp3) is 0. The lowest BCUT2D eigenvalue weighted by atomic mass is 9.99. The van der Waals surface area contributed by atoms with Crippen molar-refractivity contribution < 1.29 is 4.42 Å². The number of benzene rings is 5. The molecule has 0 aliphatic rings. The van der Waals surface area contributed by atoms with E-state index in [9.17, 15) is 0 Å². The molecule has 0 saturated carbocycles. The van der Waals surface area contributed by atoms with E-state index in [2.05, 4.69) is 89.5 Å². The highest BCUT2D eigenvalue weighted by Gasteiger charge is 2.23. The van der Waals surface area contributed by atoms with Crippen LogP contribution < -0.4 is 0 Å². The normalized spacial score (nSPS) is 12.2. The molecule has 0 aliphatic heterocycles. The van der Waals surface area contributed by atoms with Gasteiger partial charge < -0.3 is 4.42 Å². The zero-order chi connectivity index (χ0) is 21.5. The van der Waals surface area contributed by atoms with Crippen molar-refractivity contribution in [1.29, 1.82) is 0 Å². The van der Waals surface area contributed by atoms with Gasteiger partial charge in [-0.2, -0.15) is 0 Å². The van der Waals surface area contributed by atoms with Crippen molar-refractivity contribution in [2.45, 2.75) is 0 Å². The summed E-state index contributed by atoms with van der Waals surface area (Å²) >= 11 is 1.72. The summed E-state index contributed by atoms with van der Waals surface area (Å²) in [5, 5.41) is 8.15. The van der Waals surface area contributed by atoms with E-state index in [0.29, 0.717) is 0 Å². The van der Waals surface area contributed by atoms with Gasteiger partial charge in [0, 0.05) is 21.5 Å². The summed E-state index contributed by atoms with van der Waals surface area (Å²) < 4.78 is 10.1. The fourth-order valence-corrected chi connectivity index (χ4v) is 6.27. The molecule has 0 unspecified atom stereocenters. The predicted molar refractivity (Wildman–Crippen MR) is 139 cm³/mol. The van der Waals surface area contributed by atoms with Crippen molar-refractivity contribution in [3.8, 4) is 5.13 Å². The van der Waals surface area contributed by atoms with Crippen LogP contribution >= 0.6 is 11.3 Å². The SMILES string of the molecule is c1ccc2sc(-n3c4ccccc4c4c5ccccc5c5c6ccccc6oc5c43)nc2c1. The molecule has 3 heterocycles. The van der Waals surface area contributed by atoms with Gasteiger partial charge in [0.25, 0.3) is 0 Å². The molecule has 0 N–H and O–H groups in total. The molecular weight excluding hydrogens is 424 g/mol. The number of hydrogen-bond donors (Lipinski definition) is 0. The molecule has 0 fully saturated rings. The van der Waals surface area contributed by atoms with Gasteiger partial charge in [0.1, 0.15) is 11.1 Å². The highest BCUT2D eigenvalue weighted by molar-refractivity contribution is 7.20. The quantitative estimate of drug-likeness (QED) is 0.256. The molecule has 3 aromatic heterocycles. The predicted octanol–water partition coefficient (Wildman–Crippen LogP) is 8.45. The topological polar surface area (TPSA) is 31.0 Å². The standard InChI is InChI=1S/C29H16N2OS/c1-2-10-18-17(9-1)25-19-11-3-6-14-22(19)31(29-30-21-13-5-8-16-24(21)33-29)27(25)28-26(18)20-12-4-7-15-23(20)32-28/h1-16H. The zero-order valence-electron chi connectivity index (χ0n) is 17.4. The molecule has 0 radical (unpaired) electrons. The van der Waals surface area contributed by atoms with Gasteiger partial charge in [0.05, 0.1) is 15.7 Å². The van der Waals surface area contributed by atoms with Crippen LogP contribution in [0.2, 0.25) is 0 Å². The first-order valence-corrected chi connectivity index (χ1v) is 11.8. The molecule has 4 heteroatoms. The fourth-order valence-electron chi connectivity index (χ4n) is 5.28. The Morgan fingerprint density at radius 2 is 1.30 bits per heavy atom. The van der Waals surface area contributed by atoms with Gasteiger partial charge in [-0.3, -0.25) is 4.57 Å². The lowest BCUT2D eigenvalue weighted by molar-refractivity contribution is 0.671. The van der Waals surface area contributed by atoms with Crippen LogP contribution in [-0.4, -0.2) is 9.55 Å². The highest BCUT2D eigenvalue weighted by Crippen LogP contribution is 2.46. The van der Waals surface area contributed by atoms with Crippen molar-refractivity contribution in [3.05, 3.63) is 97.1 Å². The van der Waals surface area contributed by atoms with Crippen molar-refractivity contribution >= 4 is 76.1 Å². The average molecular weight is 441 g/mol. The second-order valence-corrected chi connectivity index (χ2v) is 9.40. The number of thiazole rings is 1. The molecule has 0 spiro atoms. The molecule has 3 nitrogen and oxygen atoms in total. The van der Waals surface area contributed by atoms with Crippen LogP contribution in [0.1, 0.15) is 0 Å². The van der Waals surface area contributed by atoms with Gasteiger partial charge >= 0.3 is 0 Å². The second kappa shape index (κ2) is 6.21. The van der Waals surface area contributed by atoms with Crippen LogP contribution in [-0.2, 0) is 0 Å². The van der Waals surface area contributed by atoms with Gasteiger partial charge in [-0.15, -0.1) is 0 Å². The summed E-state index contributed by atoms with van der Waals surface area (Å²) in [6, 6.07) is 33.9. The Morgan fingerprint density at radius 3 is 2.15 bits per heavy atom. The van der Waals surface area contributed by atoms with Gasteiger partial charge in [-0.25, -0.2) is 4.98 Å². The van der Waals surface area contributed by atoms with E-state index in [1.54, 1.807) is 11.3 Å². The van der Waals surface area contributed by atoms with Gasteiger partial charge in [-0.1, -0.05) is 84.1 Å². The number of hydrogen-bond acceptors (Lipinski definition) is 3. The van der Waals surface area contributed by atoms with Crippen molar-refractivity contribution in [2.24, 2.45) is 0 Å². The van der Waals surface area contributed by atoms with E-state index in [1.165, 1.54) is 31.6 Å². The van der Waals surface area contributed by atoms with Gasteiger partial charge in [0.2, 0.25) is 0 Å². The molecule has 0 bridgehead atoms. The summed E-state index contributed by atoms with van der Waals surface area (Å²) in [5.74, 6) is 0. The van der Waals surface area contributed by atoms with Crippen molar-refractivity contribution in [1.82, 2.24) is 9.55 Å².